The van der Waals surface area contributed by atoms with Crippen LogP contribution in [0.5, 0.6) is 0 Å². The summed E-state index contributed by atoms with van der Waals surface area (Å²) >= 11 is 0. The van der Waals surface area contributed by atoms with Crippen molar-refractivity contribution in [1.82, 2.24) is 9.97 Å². The fraction of sp³-hybridized carbons (Fsp3) is 0.182. The van der Waals surface area contributed by atoms with Crippen LogP contribution in [0.4, 0.5) is 0 Å². The first-order valence-electron chi connectivity index (χ1n) is 8.56. The number of aryl methyl sites for hydroxylation is 2. The Hall–Kier alpha value is -2.74. The van der Waals surface area contributed by atoms with Crippen molar-refractivity contribution in [3.8, 4) is 11.1 Å². The monoisotopic (exact) mass is 312 g/mol. The highest BCUT2D eigenvalue weighted by Crippen LogP contribution is 2.36. The molecule has 0 fully saturated rings. The molecule has 2 aromatic heterocycles. The van der Waals surface area contributed by atoms with Gasteiger partial charge in [-0.25, -0.2) is 0 Å². The van der Waals surface area contributed by atoms with E-state index < -0.39 is 0 Å². The maximum atomic E-state index is 4.65. The molecule has 118 valence electrons. The maximum Gasteiger partial charge on any atom is 0.0708 e. The van der Waals surface area contributed by atoms with Gasteiger partial charge in [0.25, 0.3) is 0 Å². The van der Waals surface area contributed by atoms with Crippen LogP contribution in [0.15, 0.2) is 61.1 Å². The van der Waals surface area contributed by atoms with E-state index in [0.717, 1.165) is 18.4 Å². The van der Waals surface area contributed by atoms with Crippen molar-refractivity contribution in [3.63, 3.8) is 0 Å². The second-order valence-corrected chi connectivity index (χ2v) is 6.07. The molecule has 0 aliphatic rings. The van der Waals surface area contributed by atoms with Crippen molar-refractivity contribution < 1.29 is 0 Å². The highest BCUT2D eigenvalue weighted by atomic mass is 14.7. The van der Waals surface area contributed by atoms with Gasteiger partial charge in [-0.15, -0.1) is 0 Å². The molecule has 2 heteroatoms. The minimum absolute atomic E-state index is 0.977. The van der Waals surface area contributed by atoms with Crippen LogP contribution in [0.1, 0.15) is 25.0 Å². The first-order valence-corrected chi connectivity index (χ1v) is 8.56. The summed E-state index contributed by atoms with van der Waals surface area (Å²) < 4.78 is 0. The van der Waals surface area contributed by atoms with Crippen LogP contribution in [0.3, 0.4) is 0 Å². The van der Waals surface area contributed by atoms with Crippen molar-refractivity contribution in [2.24, 2.45) is 0 Å². The zero-order valence-electron chi connectivity index (χ0n) is 14.1. The molecule has 0 radical (unpaired) electrons. The largest absolute Gasteiger partial charge is 0.264 e. The molecular formula is C22H20N2. The molecule has 2 heterocycles. The predicted octanol–water partition coefficient (Wildman–Crippen LogP) is 5.57. The lowest BCUT2D eigenvalue weighted by molar-refractivity contribution is 1.11. The minimum Gasteiger partial charge on any atom is -0.264 e. The highest BCUT2D eigenvalue weighted by Gasteiger charge is 2.14. The van der Waals surface area contributed by atoms with Crippen LogP contribution in [-0.4, -0.2) is 9.97 Å². The Morgan fingerprint density at radius 1 is 0.833 bits per heavy atom. The van der Waals surface area contributed by atoms with Gasteiger partial charge in [0.05, 0.1) is 5.52 Å². The molecular weight excluding hydrogens is 292 g/mol. The lowest BCUT2D eigenvalue weighted by atomic mass is 9.88. The van der Waals surface area contributed by atoms with Gasteiger partial charge in [0.15, 0.2) is 0 Å². The number of rotatable bonds is 3. The Morgan fingerprint density at radius 2 is 1.71 bits per heavy atom. The molecule has 0 N–H and O–H groups in total. The van der Waals surface area contributed by atoms with Crippen molar-refractivity contribution in [2.75, 3.05) is 0 Å². The Kier molecular flexibility index (Phi) is 3.73. The summed E-state index contributed by atoms with van der Waals surface area (Å²) in [5.41, 5.74) is 6.41. The normalized spacial score (nSPS) is 11.2. The third kappa shape index (κ3) is 2.26. The summed E-state index contributed by atoms with van der Waals surface area (Å²) in [4.78, 5) is 8.91. The van der Waals surface area contributed by atoms with Gasteiger partial charge >= 0.3 is 0 Å². The zero-order chi connectivity index (χ0) is 16.5. The van der Waals surface area contributed by atoms with Crippen LogP contribution >= 0.6 is 0 Å². The van der Waals surface area contributed by atoms with E-state index in [9.17, 15) is 0 Å². The molecule has 24 heavy (non-hydrogen) atoms. The lowest BCUT2D eigenvalue weighted by Gasteiger charge is -2.17. The fourth-order valence-electron chi connectivity index (χ4n) is 3.62. The zero-order valence-corrected chi connectivity index (χ0v) is 14.1. The lowest BCUT2D eigenvalue weighted by Crippen LogP contribution is -1.97. The van der Waals surface area contributed by atoms with E-state index in [0.29, 0.717) is 0 Å². The Bertz CT molecular complexity index is 1030. The molecule has 4 rings (SSSR count). The fourth-order valence-corrected chi connectivity index (χ4v) is 3.62. The van der Waals surface area contributed by atoms with Crippen LogP contribution in [-0.2, 0) is 12.8 Å². The molecule has 0 saturated carbocycles. The molecule has 0 saturated heterocycles. The second-order valence-electron chi connectivity index (χ2n) is 6.07. The minimum atomic E-state index is 0.977. The SMILES string of the molecule is CCc1cnc2ccccc2c1-c1ccc2cnccc2c1CC. The summed E-state index contributed by atoms with van der Waals surface area (Å²) in [7, 11) is 0. The highest BCUT2D eigenvalue weighted by molar-refractivity contribution is 6.00. The third-order valence-corrected chi connectivity index (χ3v) is 4.79. The number of aromatic nitrogens is 2. The Balaban J connectivity index is 2.13. The summed E-state index contributed by atoms with van der Waals surface area (Å²) in [6.45, 7) is 4.43. The average Bonchev–Trinajstić information content (AvgIpc) is 2.66. The summed E-state index contributed by atoms with van der Waals surface area (Å²) in [5.74, 6) is 0. The van der Waals surface area contributed by atoms with Gasteiger partial charge < -0.3 is 0 Å². The molecule has 0 unspecified atom stereocenters. The summed E-state index contributed by atoms with van der Waals surface area (Å²) in [6.07, 6.45) is 7.84. The van der Waals surface area contributed by atoms with Crippen molar-refractivity contribution in [1.29, 1.82) is 0 Å². The van der Waals surface area contributed by atoms with Crippen molar-refractivity contribution >= 4 is 21.7 Å². The topological polar surface area (TPSA) is 25.8 Å². The van der Waals surface area contributed by atoms with Gasteiger partial charge in [0.2, 0.25) is 0 Å². The van der Waals surface area contributed by atoms with E-state index >= 15 is 0 Å². The summed E-state index contributed by atoms with van der Waals surface area (Å²) in [6, 6.07) is 15.0. The van der Waals surface area contributed by atoms with E-state index in [1.54, 1.807) is 0 Å². The van der Waals surface area contributed by atoms with Gasteiger partial charge in [-0.2, -0.15) is 0 Å². The molecule has 2 aromatic carbocycles. The van der Waals surface area contributed by atoms with Crippen molar-refractivity contribution in [2.45, 2.75) is 26.7 Å². The molecule has 0 spiro atoms. The predicted molar refractivity (Wildman–Crippen MR) is 101 cm³/mol. The number of hydrogen-bond acceptors (Lipinski definition) is 2. The van der Waals surface area contributed by atoms with Crippen LogP contribution < -0.4 is 0 Å². The number of hydrogen-bond donors (Lipinski definition) is 0. The first-order chi connectivity index (χ1) is 11.8. The van der Waals surface area contributed by atoms with Gasteiger partial charge in [-0.05, 0) is 52.6 Å². The molecule has 4 aromatic rings. The molecule has 2 nitrogen and oxygen atoms in total. The van der Waals surface area contributed by atoms with Crippen LogP contribution in [0.25, 0.3) is 32.8 Å². The van der Waals surface area contributed by atoms with E-state index in [2.05, 4.69) is 66.3 Å². The Morgan fingerprint density at radius 3 is 2.54 bits per heavy atom. The molecule has 0 aliphatic carbocycles. The average molecular weight is 312 g/mol. The first kappa shape index (κ1) is 14.8. The Labute approximate surface area is 142 Å². The van der Waals surface area contributed by atoms with Crippen molar-refractivity contribution in [3.05, 3.63) is 72.2 Å². The van der Waals surface area contributed by atoms with Gasteiger partial charge in [-0.1, -0.05) is 44.2 Å². The molecule has 0 bridgehead atoms. The molecule has 0 amide bonds. The summed E-state index contributed by atoms with van der Waals surface area (Å²) in [5, 5.41) is 3.74. The van der Waals surface area contributed by atoms with E-state index in [1.165, 1.54) is 38.4 Å². The number of nitrogens with zero attached hydrogens (tertiary/aromatic N) is 2. The van der Waals surface area contributed by atoms with E-state index in [-0.39, 0.29) is 0 Å². The van der Waals surface area contributed by atoms with Crippen LogP contribution in [0.2, 0.25) is 0 Å². The number of fused-ring (bicyclic) bond motifs is 2. The standard InChI is InChI=1S/C22H20N2/c1-3-15-14-24-21-8-6-5-7-20(21)22(15)19-10-9-16-13-23-12-11-18(16)17(19)4-2/h5-14H,3-4H2,1-2H3. The third-order valence-electron chi connectivity index (χ3n) is 4.79. The molecule has 0 atom stereocenters. The molecule has 0 aliphatic heterocycles. The van der Waals surface area contributed by atoms with Gasteiger partial charge in [0.1, 0.15) is 0 Å². The van der Waals surface area contributed by atoms with Gasteiger partial charge in [-0.3, -0.25) is 9.97 Å². The quantitative estimate of drug-likeness (QED) is 0.494. The smallest absolute Gasteiger partial charge is 0.0708 e. The number of para-hydroxylation sites is 1. The number of pyridine rings is 2. The van der Waals surface area contributed by atoms with E-state index in [1.807, 2.05) is 18.6 Å². The maximum absolute atomic E-state index is 4.65. The second kappa shape index (κ2) is 6.04. The van der Waals surface area contributed by atoms with Crippen LogP contribution in [0, 0.1) is 0 Å². The van der Waals surface area contributed by atoms with E-state index in [4.69, 9.17) is 0 Å². The number of benzene rings is 2. The van der Waals surface area contributed by atoms with Gasteiger partial charge in [0, 0.05) is 29.4 Å².